The van der Waals surface area contributed by atoms with E-state index in [1.165, 1.54) is 6.42 Å². The van der Waals surface area contributed by atoms with Crippen LogP contribution in [0.15, 0.2) is 11.6 Å². The lowest BCUT2D eigenvalue weighted by molar-refractivity contribution is 0.657. The van der Waals surface area contributed by atoms with Gasteiger partial charge in [0.15, 0.2) is 0 Å². The van der Waals surface area contributed by atoms with Gasteiger partial charge >= 0.3 is 0 Å². The molecule has 1 rings (SSSR count). The average molecular weight is 240 g/mol. The summed E-state index contributed by atoms with van der Waals surface area (Å²) in [6.45, 7) is 0. The molecule has 0 N–H and O–H groups in total. The SMILES string of the molecule is BrCC1=C[C@H](CBr)C1. The van der Waals surface area contributed by atoms with Crippen LogP contribution < -0.4 is 0 Å². The highest BCUT2D eigenvalue weighted by atomic mass is 79.9. The summed E-state index contributed by atoms with van der Waals surface area (Å²) in [5.41, 5.74) is 1.55. The van der Waals surface area contributed by atoms with Crippen LogP contribution in [-0.4, -0.2) is 10.7 Å². The summed E-state index contributed by atoms with van der Waals surface area (Å²) in [6, 6.07) is 0. The predicted molar refractivity (Wildman–Crippen MR) is 43.8 cm³/mol. The van der Waals surface area contributed by atoms with Gasteiger partial charge in [0.1, 0.15) is 0 Å². The van der Waals surface area contributed by atoms with Gasteiger partial charge in [-0.05, 0) is 12.3 Å². The highest BCUT2D eigenvalue weighted by Gasteiger charge is 2.15. The highest BCUT2D eigenvalue weighted by Crippen LogP contribution is 2.28. The zero-order valence-electron chi connectivity index (χ0n) is 4.53. The molecule has 8 heavy (non-hydrogen) atoms. The molecule has 0 aliphatic heterocycles. The second-order valence-corrected chi connectivity index (χ2v) is 3.29. The smallest absolute Gasteiger partial charge is 0.0242 e. The molecule has 2 heteroatoms. The molecule has 0 aromatic rings. The van der Waals surface area contributed by atoms with Gasteiger partial charge in [-0.15, -0.1) is 0 Å². The third-order valence-corrected chi connectivity index (χ3v) is 2.92. The molecule has 0 nitrogen and oxygen atoms in total. The minimum atomic E-state index is 0.822. The van der Waals surface area contributed by atoms with Gasteiger partial charge in [-0.1, -0.05) is 43.5 Å². The zero-order chi connectivity index (χ0) is 5.98. The molecule has 0 saturated carbocycles. The predicted octanol–water partition coefficient (Wildman–Crippen LogP) is 2.72. The zero-order valence-corrected chi connectivity index (χ0v) is 7.70. The van der Waals surface area contributed by atoms with Crippen molar-refractivity contribution in [2.75, 3.05) is 10.7 Å². The Balaban J connectivity index is 2.27. The maximum atomic E-state index is 3.42. The van der Waals surface area contributed by atoms with Crippen molar-refractivity contribution < 1.29 is 0 Å². The number of hydrogen-bond acceptors (Lipinski definition) is 0. The van der Waals surface area contributed by atoms with Gasteiger partial charge in [-0.25, -0.2) is 0 Å². The Labute approximate surface area is 66.6 Å². The molecule has 1 aliphatic rings. The monoisotopic (exact) mass is 238 g/mol. The molecule has 1 aliphatic carbocycles. The van der Waals surface area contributed by atoms with Crippen molar-refractivity contribution in [1.29, 1.82) is 0 Å². The van der Waals surface area contributed by atoms with E-state index >= 15 is 0 Å². The first kappa shape index (κ1) is 6.81. The summed E-state index contributed by atoms with van der Waals surface area (Å²) in [5.74, 6) is 0.822. The van der Waals surface area contributed by atoms with E-state index in [2.05, 4.69) is 37.9 Å². The quantitative estimate of drug-likeness (QED) is 0.514. The van der Waals surface area contributed by atoms with Crippen molar-refractivity contribution in [1.82, 2.24) is 0 Å². The van der Waals surface area contributed by atoms with E-state index in [0.717, 1.165) is 16.6 Å². The molecule has 1 atom stereocenters. The molecular formula is C6H8Br2. The third-order valence-electron chi connectivity index (χ3n) is 1.37. The first-order chi connectivity index (χ1) is 3.86. The van der Waals surface area contributed by atoms with Crippen molar-refractivity contribution in [3.63, 3.8) is 0 Å². The Morgan fingerprint density at radius 3 is 2.62 bits per heavy atom. The van der Waals surface area contributed by atoms with Crippen LogP contribution >= 0.6 is 31.9 Å². The lowest BCUT2D eigenvalue weighted by Gasteiger charge is -2.21. The number of rotatable bonds is 2. The Kier molecular flexibility index (Phi) is 2.57. The van der Waals surface area contributed by atoms with Crippen molar-refractivity contribution in [2.45, 2.75) is 6.42 Å². The molecule has 0 aromatic heterocycles. The molecule has 0 aromatic carbocycles. The third kappa shape index (κ3) is 1.35. The van der Waals surface area contributed by atoms with Crippen LogP contribution in [0.5, 0.6) is 0 Å². The molecule has 0 unspecified atom stereocenters. The van der Waals surface area contributed by atoms with Gasteiger partial charge in [-0.2, -0.15) is 0 Å². The lowest BCUT2D eigenvalue weighted by Crippen LogP contribution is -2.11. The van der Waals surface area contributed by atoms with Crippen LogP contribution in [0.1, 0.15) is 6.42 Å². The number of alkyl halides is 2. The fourth-order valence-corrected chi connectivity index (χ4v) is 1.67. The van der Waals surface area contributed by atoms with Gasteiger partial charge in [0.25, 0.3) is 0 Å². The van der Waals surface area contributed by atoms with Crippen LogP contribution in [0.3, 0.4) is 0 Å². The number of halogens is 2. The highest BCUT2D eigenvalue weighted by molar-refractivity contribution is 9.09. The second-order valence-electron chi connectivity index (χ2n) is 2.08. The molecular weight excluding hydrogens is 232 g/mol. The molecule has 0 saturated heterocycles. The van der Waals surface area contributed by atoms with Crippen molar-refractivity contribution in [2.24, 2.45) is 5.92 Å². The summed E-state index contributed by atoms with van der Waals surface area (Å²) in [4.78, 5) is 0. The molecule has 0 bridgehead atoms. The Morgan fingerprint density at radius 1 is 1.62 bits per heavy atom. The topological polar surface area (TPSA) is 0 Å². The fraction of sp³-hybridized carbons (Fsp3) is 0.667. The van der Waals surface area contributed by atoms with Crippen LogP contribution in [-0.2, 0) is 0 Å². The van der Waals surface area contributed by atoms with Crippen LogP contribution in [0.25, 0.3) is 0 Å². The molecule has 0 heterocycles. The minimum absolute atomic E-state index is 0.822. The van der Waals surface area contributed by atoms with E-state index in [9.17, 15) is 0 Å². The van der Waals surface area contributed by atoms with Gasteiger partial charge in [0, 0.05) is 10.7 Å². The van der Waals surface area contributed by atoms with Gasteiger partial charge in [0.05, 0.1) is 0 Å². The maximum absolute atomic E-state index is 3.42. The Bertz CT molecular complexity index is 107. The minimum Gasteiger partial charge on any atom is -0.0922 e. The van der Waals surface area contributed by atoms with Crippen molar-refractivity contribution in [3.05, 3.63) is 11.6 Å². The van der Waals surface area contributed by atoms with E-state index in [0.29, 0.717) is 0 Å². The summed E-state index contributed by atoms with van der Waals surface area (Å²) < 4.78 is 0. The maximum Gasteiger partial charge on any atom is 0.0242 e. The first-order valence-corrected chi connectivity index (χ1v) is 4.92. The standard InChI is InChI=1S/C6H8Br2/c7-3-5-1-6(2-5)4-8/h1,5H,2-4H2/t5-/m0/s1. The van der Waals surface area contributed by atoms with Gasteiger partial charge in [0.2, 0.25) is 0 Å². The summed E-state index contributed by atoms with van der Waals surface area (Å²) in [5, 5.41) is 2.19. The van der Waals surface area contributed by atoms with Crippen LogP contribution in [0.4, 0.5) is 0 Å². The molecule has 0 fully saturated rings. The van der Waals surface area contributed by atoms with Crippen molar-refractivity contribution in [3.8, 4) is 0 Å². The second kappa shape index (κ2) is 3.02. The normalized spacial score (nSPS) is 26.8. The molecule has 0 amide bonds. The number of allylic oxidation sites excluding steroid dienone is 2. The van der Waals surface area contributed by atoms with E-state index in [-0.39, 0.29) is 0 Å². The Hall–Kier alpha value is 0.700. The van der Waals surface area contributed by atoms with Gasteiger partial charge in [-0.3, -0.25) is 0 Å². The van der Waals surface area contributed by atoms with Crippen molar-refractivity contribution >= 4 is 31.9 Å². The summed E-state index contributed by atoms with van der Waals surface area (Å²) in [6.07, 6.45) is 3.61. The van der Waals surface area contributed by atoms with Crippen LogP contribution in [0, 0.1) is 5.92 Å². The Morgan fingerprint density at radius 2 is 2.25 bits per heavy atom. The molecule has 0 radical (unpaired) electrons. The van der Waals surface area contributed by atoms with E-state index < -0.39 is 0 Å². The fourth-order valence-electron chi connectivity index (χ4n) is 0.835. The first-order valence-electron chi connectivity index (χ1n) is 2.68. The molecule has 46 valence electrons. The van der Waals surface area contributed by atoms with Crippen LogP contribution in [0.2, 0.25) is 0 Å². The van der Waals surface area contributed by atoms with E-state index in [4.69, 9.17) is 0 Å². The van der Waals surface area contributed by atoms with Gasteiger partial charge < -0.3 is 0 Å². The van der Waals surface area contributed by atoms with E-state index in [1.807, 2.05) is 0 Å². The summed E-state index contributed by atoms with van der Waals surface area (Å²) in [7, 11) is 0. The number of hydrogen-bond donors (Lipinski definition) is 0. The lowest BCUT2D eigenvalue weighted by atomic mass is 9.90. The largest absolute Gasteiger partial charge is 0.0922 e. The van der Waals surface area contributed by atoms with E-state index in [1.54, 1.807) is 5.57 Å². The average Bonchev–Trinajstić information content (AvgIpc) is 1.65. The summed E-state index contributed by atoms with van der Waals surface area (Å²) >= 11 is 6.82. The molecule has 0 spiro atoms.